The molecule has 1 aliphatic carbocycles. The van der Waals surface area contributed by atoms with Crippen molar-refractivity contribution in [3.63, 3.8) is 0 Å². The number of carbonyl (C=O) groups is 2. The van der Waals surface area contributed by atoms with Crippen molar-refractivity contribution in [1.29, 1.82) is 0 Å². The summed E-state index contributed by atoms with van der Waals surface area (Å²) in [7, 11) is 1.54. The van der Waals surface area contributed by atoms with Crippen molar-refractivity contribution in [2.75, 3.05) is 12.8 Å². The first kappa shape index (κ1) is 12.2. The maximum Gasteiger partial charge on any atom is 0.246 e. The van der Waals surface area contributed by atoms with E-state index in [1.54, 1.807) is 0 Å². The van der Waals surface area contributed by atoms with Crippen molar-refractivity contribution in [1.82, 2.24) is 10.2 Å². The number of nitrogens with one attached hydrogen (secondary N) is 1. The summed E-state index contributed by atoms with van der Waals surface area (Å²) in [6.45, 7) is 0. The van der Waals surface area contributed by atoms with Gasteiger partial charge in [0.25, 0.3) is 0 Å². The fourth-order valence-corrected chi connectivity index (χ4v) is 2.94. The minimum atomic E-state index is -0.383. The fraction of sp³-hybridized carbons (Fsp3) is 0.429. The zero-order valence-electron chi connectivity index (χ0n) is 10.8. The van der Waals surface area contributed by atoms with Gasteiger partial charge in [0.05, 0.1) is 12.5 Å². The Balaban J connectivity index is 1.77. The van der Waals surface area contributed by atoms with Gasteiger partial charge in [-0.25, -0.2) is 0 Å². The van der Waals surface area contributed by atoms with E-state index in [9.17, 15) is 9.59 Å². The van der Waals surface area contributed by atoms with Crippen LogP contribution in [-0.4, -0.2) is 29.8 Å². The first-order chi connectivity index (χ1) is 9.06. The molecule has 5 heteroatoms. The fourth-order valence-electron chi connectivity index (χ4n) is 2.94. The van der Waals surface area contributed by atoms with Gasteiger partial charge < -0.3 is 5.73 Å². The topological polar surface area (TPSA) is 75.4 Å². The molecule has 1 heterocycles. The molecule has 2 aliphatic rings. The number of rotatable bonds is 2. The number of anilines is 1. The molecule has 0 bridgehead atoms. The Labute approximate surface area is 111 Å². The summed E-state index contributed by atoms with van der Waals surface area (Å²) in [4.78, 5) is 24.6. The molecule has 1 saturated heterocycles. The standard InChI is InChI=1S/C14H17N3O2/c1-17-13(18)7-12(14(17)19)16-11-5-2-8-6-9(15)3-4-10(8)11/h3-4,6,11-12,16H,2,5,7,15H2,1H3. The van der Waals surface area contributed by atoms with Crippen LogP contribution < -0.4 is 11.1 Å². The molecule has 1 aromatic rings. The molecule has 1 fully saturated rings. The quantitative estimate of drug-likeness (QED) is 0.602. The van der Waals surface area contributed by atoms with Gasteiger partial charge >= 0.3 is 0 Å². The minimum absolute atomic E-state index is 0.113. The summed E-state index contributed by atoms with van der Waals surface area (Å²) < 4.78 is 0. The lowest BCUT2D eigenvalue weighted by Gasteiger charge is -2.18. The van der Waals surface area contributed by atoms with Gasteiger partial charge in [0.2, 0.25) is 11.8 Å². The van der Waals surface area contributed by atoms with Crippen LogP contribution in [0.5, 0.6) is 0 Å². The molecule has 1 aliphatic heterocycles. The van der Waals surface area contributed by atoms with Crippen molar-refractivity contribution >= 4 is 17.5 Å². The number of likely N-dealkylation sites (tertiary alicyclic amines) is 1. The van der Waals surface area contributed by atoms with Crippen LogP contribution in [0.2, 0.25) is 0 Å². The van der Waals surface area contributed by atoms with E-state index in [0.29, 0.717) is 0 Å². The molecule has 2 amide bonds. The van der Waals surface area contributed by atoms with E-state index in [-0.39, 0.29) is 30.3 Å². The first-order valence-electron chi connectivity index (χ1n) is 6.51. The summed E-state index contributed by atoms with van der Waals surface area (Å²) >= 11 is 0. The molecule has 5 nitrogen and oxygen atoms in total. The van der Waals surface area contributed by atoms with Crippen LogP contribution in [0.4, 0.5) is 5.69 Å². The normalized spacial score (nSPS) is 26.1. The second kappa shape index (κ2) is 4.35. The third-order valence-corrected chi connectivity index (χ3v) is 4.03. The number of nitrogen functional groups attached to an aromatic ring is 1. The third-order valence-electron chi connectivity index (χ3n) is 4.03. The monoisotopic (exact) mass is 259 g/mol. The van der Waals surface area contributed by atoms with Crippen molar-refractivity contribution in [3.05, 3.63) is 29.3 Å². The summed E-state index contributed by atoms with van der Waals surface area (Å²) in [5.41, 5.74) is 8.98. The van der Waals surface area contributed by atoms with Crippen molar-refractivity contribution in [3.8, 4) is 0 Å². The molecule has 0 aromatic heterocycles. The SMILES string of the molecule is CN1C(=O)CC(NC2CCc3cc(N)ccc32)C1=O. The van der Waals surface area contributed by atoms with Crippen molar-refractivity contribution in [2.24, 2.45) is 0 Å². The smallest absolute Gasteiger partial charge is 0.246 e. The number of amides is 2. The molecule has 1 aromatic carbocycles. The van der Waals surface area contributed by atoms with E-state index >= 15 is 0 Å². The molecular weight excluding hydrogens is 242 g/mol. The summed E-state index contributed by atoms with van der Waals surface area (Å²) in [6.07, 6.45) is 2.17. The predicted octanol–water partition coefficient (Wildman–Crippen LogP) is 0.603. The van der Waals surface area contributed by atoms with Crippen LogP contribution in [0.1, 0.15) is 30.0 Å². The zero-order chi connectivity index (χ0) is 13.6. The highest BCUT2D eigenvalue weighted by Gasteiger charge is 2.38. The highest BCUT2D eigenvalue weighted by Crippen LogP contribution is 2.33. The van der Waals surface area contributed by atoms with Gasteiger partial charge in [-0.15, -0.1) is 0 Å². The summed E-state index contributed by atoms with van der Waals surface area (Å²) in [6, 6.07) is 5.65. The number of fused-ring (bicyclic) bond motifs is 1. The Bertz CT molecular complexity index is 556. The number of hydrogen-bond acceptors (Lipinski definition) is 4. The highest BCUT2D eigenvalue weighted by atomic mass is 16.2. The van der Waals surface area contributed by atoms with Crippen molar-refractivity contribution < 1.29 is 9.59 Å². The molecule has 100 valence electrons. The Hall–Kier alpha value is -1.88. The Kier molecular flexibility index (Phi) is 2.78. The Morgan fingerprint density at radius 1 is 1.32 bits per heavy atom. The predicted molar refractivity (Wildman–Crippen MR) is 71.2 cm³/mol. The lowest BCUT2D eigenvalue weighted by atomic mass is 10.1. The molecule has 0 spiro atoms. The van der Waals surface area contributed by atoms with Gasteiger partial charge in [-0.3, -0.25) is 19.8 Å². The van der Waals surface area contributed by atoms with Crippen molar-refractivity contribution in [2.45, 2.75) is 31.3 Å². The van der Waals surface area contributed by atoms with E-state index < -0.39 is 0 Å². The van der Waals surface area contributed by atoms with Crippen LogP contribution in [0.15, 0.2) is 18.2 Å². The van der Waals surface area contributed by atoms with Gasteiger partial charge in [0, 0.05) is 18.8 Å². The van der Waals surface area contributed by atoms with Crippen LogP contribution >= 0.6 is 0 Å². The second-order valence-electron chi connectivity index (χ2n) is 5.26. The Morgan fingerprint density at radius 3 is 2.79 bits per heavy atom. The van der Waals surface area contributed by atoms with Gasteiger partial charge in [-0.2, -0.15) is 0 Å². The Morgan fingerprint density at radius 2 is 2.11 bits per heavy atom. The molecule has 0 saturated carbocycles. The summed E-state index contributed by atoms with van der Waals surface area (Å²) in [5.74, 6) is -0.244. The number of carbonyl (C=O) groups excluding carboxylic acids is 2. The van der Waals surface area contributed by atoms with Crippen LogP contribution in [-0.2, 0) is 16.0 Å². The number of nitrogens with zero attached hydrogens (tertiary/aromatic N) is 1. The number of hydrogen-bond donors (Lipinski definition) is 2. The summed E-state index contributed by atoms with van der Waals surface area (Å²) in [5, 5.41) is 3.31. The zero-order valence-corrected chi connectivity index (χ0v) is 10.8. The van der Waals surface area contributed by atoms with Crippen LogP contribution in [0, 0.1) is 0 Å². The number of benzene rings is 1. The molecule has 19 heavy (non-hydrogen) atoms. The third kappa shape index (κ3) is 2.00. The highest BCUT2D eigenvalue weighted by molar-refractivity contribution is 6.05. The lowest BCUT2D eigenvalue weighted by Crippen LogP contribution is -2.38. The van der Waals surface area contributed by atoms with E-state index in [1.807, 2.05) is 18.2 Å². The van der Waals surface area contributed by atoms with E-state index in [1.165, 1.54) is 23.1 Å². The van der Waals surface area contributed by atoms with Gasteiger partial charge in [-0.1, -0.05) is 6.07 Å². The average molecular weight is 259 g/mol. The largest absolute Gasteiger partial charge is 0.399 e. The van der Waals surface area contributed by atoms with Crippen LogP contribution in [0.3, 0.4) is 0 Å². The maximum atomic E-state index is 11.9. The maximum absolute atomic E-state index is 11.9. The first-order valence-corrected chi connectivity index (χ1v) is 6.51. The minimum Gasteiger partial charge on any atom is -0.399 e. The number of likely N-dealkylation sites (N-methyl/N-ethyl adjacent to an activating group) is 1. The van der Waals surface area contributed by atoms with E-state index in [2.05, 4.69) is 5.32 Å². The number of aryl methyl sites for hydroxylation is 1. The average Bonchev–Trinajstić information content (AvgIpc) is 2.87. The second-order valence-corrected chi connectivity index (χ2v) is 5.26. The van der Waals surface area contributed by atoms with Gasteiger partial charge in [0.1, 0.15) is 0 Å². The number of nitrogens with two attached hydrogens (primary N) is 1. The molecule has 3 rings (SSSR count). The molecule has 0 radical (unpaired) electrons. The number of imide groups is 1. The van der Waals surface area contributed by atoms with E-state index in [0.717, 1.165) is 18.5 Å². The van der Waals surface area contributed by atoms with E-state index in [4.69, 9.17) is 5.73 Å². The van der Waals surface area contributed by atoms with Gasteiger partial charge in [0.15, 0.2) is 0 Å². The van der Waals surface area contributed by atoms with Gasteiger partial charge in [-0.05, 0) is 36.1 Å². The lowest BCUT2D eigenvalue weighted by molar-refractivity contribution is -0.137. The molecule has 2 unspecified atom stereocenters. The molecule has 2 atom stereocenters. The molecular formula is C14H17N3O2. The molecule has 3 N–H and O–H groups in total. The van der Waals surface area contributed by atoms with Crippen LogP contribution in [0.25, 0.3) is 0 Å².